The summed E-state index contributed by atoms with van der Waals surface area (Å²) in [6, 6.07) is 10.2. The van der Waals surface area contributed by atoms with Gasteiger partial charge in [-0.05, 0) is 79.5 Å². The van der Waals surface area contributed by atoms with Gasteiger partial charge in [0.15, 0.2) is 12.4 Å². The zero-order valence-corrected chi connectivity index (χ0v) is 19.2. The van der Waals surface area contributed by atoms with Crippen molar-refractivity contribution in [2.75, 3.05) is 6.61 Å². The van der Waals surface area contributed by atoms with E-state index in [1.165, 1.54) is 30.4 Å². The van der Waals surface area contributed by atoms with E-state index in [1.807, 2.05) is 24.3 Å². The lowest BCUT2D eigenvalue weighted by molar-refractivity contribution is -0.154. The summed E-state index contributed by atoms with van der Waals surface area (Å²) in [5.41, 5.74) is 1.88. The maximum atomic E-state index is 13.1. The molecule has 1 unspecified atom stereocenters. The molecular weight excluding hydrogens is 432 g/mol. The Morgan fingerprint density at radius 2 is 1.65 bits per heavy atom. The molecule has 0 radical (unpaired) electrons. The summed E-state index contributed by atoms with van der Waals surface area (Å²) in [6.07, 6.45) is 8.81. The first-order chi connectivity index (χ1) is 16.5. The maximum absolute atomic E-state index is 13.1. The number of nitrogens with zero attached hydrogens (tertiary/aromatic N) is 1. The van der Waals surface area contributed by atoms with E-state index in [4.69, 9.17) is 9.15 Å². The lowest BCUT2D eigenvalue weighted by Crippen LogP contribution is -2.60. The number of rotatable bonds is 5. The molecule has 1 atom stereocenters. The summed E-state index contributed by atoms with van der Waals surface area (Å²) in [6.45, 7) is -0.0313. The Bertz CT molecular complexity index is 1070. The van der Waals surface area contributed by atoms with E-state index < -0.39 is 12.0 Å². The molecule has 1 aromatic carbocycles. The monoisotopic (exact) mass is 462 g/mol. The smallest absolute Gasteiger partial charge is 0.329 e. The molecule has 0 saturated heterocycles. The zero-order chi connectivity index (χ0) is 23.3. The second kappa shape index (κ2) is 8.29. The third-order valence-electron chi connectivity index (χ3n) is 8.30. The fourth-order valence-corrected chi connectivity index (χ4v) is 7.32. The molecule has 7 rings (SSSR count). The van der Waals surface area contributed by atoms with Gasteiger partial charge in [0.2, 0.25) is 0 Å². The average molecular weight is 463 g/mol. The second-order valence-corrected chi connectivity index (χ2v) is 10.8. The standard InChI is InChI=1S/C27H30N2O5/c30-24(28-27-12-17-8-18(13-27)10-19(9-17)14-27)16-34-26(32)22-11-20-4-1-2-5-21(20)15-29(22)25(31)23-6-3-7-33-23/h1-7,17-19,22H,8-16H2,(H,28,30). The molecule has 4 bridgehead atoms. The van der Waals surface area contributed by atoms with Gasteiger partial charge in [-0.1, -0.05) is 24.3 Å². The number of carbonyl (C=O) groups excluding carboxylic acids is 3. The van der Waals surface area contributed by atoms with Crippen LogP contribution >= 0.6 is 0 Å². The van der Waals surface area contributed by atoms with Crippen LogP contribution in [0, 0.1) is 17.8 Å². The van der Waals surface area contributed by atoms with Crippen molar-refractivity contribution < 1.29 is 23.5 Å². The SMILES string of the molecule is O=C(COC(=O)C1Cc2ccccc2CN1C(=O)c1ccco1)NC12CC3CC(CC(C3)C1)C2. The topological polar surface area (TPSA) is 88.9 Å². The van der Waals surface area contributed by atoms with Gasteiger partial charge in [0.25, 0.3) is 11.8 Å². The summed E-state index contributed by atoms with van der Waals surface area (Å²) < 4.78 is 10.8. The number of ether oxygens (including phenoxy) is 1. The maximum Gasteiger partial charge on any atom is 0.329 e. The molecular formula is C27H30N2O5. The number of furan rings is 1. The highest BCUT2D eigenvalue weighted by Gasteiger charge is 2.51. The van der Waals surface area contributed by atoms with E-state index in [1.54, 1.807) is 12.1 Å². The van der Waals surface area contributed by atoms with E-state index in [0.717, 1.165) is 48.1 Å². The van der Waals surface area contributed by atoms with Crippen molar-refractivity contribution in [2.45, 2.75) is 63.1 Å². The lowest BCUT2D eigenvalue weighted by Gasteiger charge is -2.56. The second-order valence-electron chi connectivity index (χ2n) is 10.8. The average Bonchev–Trinajstić information content (AvgIpc) is 3.35. The van der Waals surface area contributed by atoms with E-state index in [0.29, 0.717) is 6.42 Å². The third-order valence-corrected chi connectivity index (χ3v) is 8.30. The summed E-state index contributed by atoms with van der Waals surface area (Å²) in [7, 11) is 0. The van der Waals surface area contributed by atoms with Crippen LogP contribution in [-0.2, 0) is 27.3 Å². The molecule has 4 aliphatic carbocycles. The van der Waals surface area contributed by atoms with Gasteiger partial charge >= 0.3 is 5.97 Å². The van der Waals surface area contributed by atoms with Gasteiger partial charge in [-0.3, -0.25) is 9.59 Å². The van der Waals surface area contributed by atoms with Crippen LogP contribution in [0.5, 0.6) is 0 Å². The van der Waals surface area contributed by atoms with Crippen LogP contribution in [0.2, 0.25) is 0 Å². The largest absolute Gasteiger partial charge is 0.459 e. The van der Waals surface area contributed by atoms with Crippen molar-refractivity contribution >= 4 is 17.8 Å². The van der Waals surface area contributed by atoms with Crippen molar-refractivity contribution in [3.8, 4) is 0 Å². The normalized spacial score (nSPS) is 31.1. The van der Waals surface area contributed by atoms with E-state index in [-0.39, 0.29) is 36.3 Å². The number of benzene rings is 1. The van der Waals surface area contributed by atoms with Crippen molar-refractivity contribution in [1.29, 1.82) is 0 Å². The van der Waals surface area contributed by atoms with Crippen LogP contribution in [0.25, 0.3) is 0 Å². The molecule has 5 aliphatic rings. The molecule has 2 amide bonds. The van der Waals surface area contributed by atoms with Crippen LogP contribution in [0.3, 0.4) is 0 Å². The molecule has 0 spiro atoms. The molecule has 34 heavy (non-hydrogen) atoms. The number of hydrogen-bond acceptors (Lipinski definition) is 5. The first-order valence-corrected chi connectivity index (χ1v) is 12.4. The Hall–Kier alpha value is -3.09. The van der Waals surface area contributed by atoms with E-state index >= 15 is 0 Å². The Balaban J connectivity index is 1.13. The highest BCUT2D eigenvalue weighted by molar-refractivity contribution is 5.95. The van der Waals surface area contributed by atoms with Crippen LogP contribution in [0.4, 0.5) is 0 Å². The number of carbonyl (C=O) groups is 3. The van der Waals surface area contributed by atoms with Gasteiger partial charge in [-0.25, -0.2) is 4.79 Å². The van der Waals surface area contributed by atoms with Gasteiger partial charge in [-0.2, -0.15) is 0 Å². The van der Waals surface area contributed by atoms with Crippen molar-refractivity contribution in [3.05, 3.63) is 59.5 Å². The van der Waals surface area contributed by atoms with Crippen molar-refractivity contribution in [3.63, 3.8) is 0 Å². The molecule has 1 aliphatic heterocycles. The summed E-state index contributed by atoms with van der Waals surface area (Å²) in [4.78, 5) is 40.5. The fraction of sp³-hybridized carbons (Fsp3) is 0.519. The first-order valence-electron chi connectivity index (χ1n) is 12.4. The van der Waals surface area contributed by atoms with E-state index in [2.05, 4.69) is 5.32 Å². The Labute approximate surface area is 198 Å². The van der Waals surface area contributed by atoms with E-state index in [9.17, 15) is 14.4 Å². The van der Waals surface area contributed by atoms with Gasteiger partial charge in [0.05, 0.1) is 6.26 Å². The summed E-state index contributed by atoms with van der Waals surface area (Å²) in [5.74, 6) is 1.18. The number of nitrogens with one attached hydrogen (secondary N) is 1. The number of hydrogen-bond donors (Lipinski definition) is 1. The molecule has 7 nitrogen and oxygen atoms in total. The molecule has 4 saturated carbocycles. The quantitative estimate of drug-likeness (QED) is 0.688. The third kappa shape index (κ3) is 3.91. The van der Waals surface area contributed by atoms with Gasteiger partial charge in [0, 0.05) is 18.5 Å². The molecule has 1 N–H and O–H groups in total. The minimum atomic E-state index is -0.806. The van der Waals surface area contributed by atoms with Crippen LogP contribution in [0.15, 0.2) is 47.1 Å². The minimum Gasteiger partial charge on any atom is -0.459 e. The van der Waals surface area contributed by atoms with Gasteiger partial charge in [-0.15, -0.1) is 0 Å². The highest BCUT2D eigenvalue weighted by atomic mass is 16.5. The highest BCUT2D eigenvalue weighted by Crippen LogP contribution is 2.55. The lowest BCUT2D eigenvalue weighted by atomic mass is 9.53. The van der Waals surface area contributed by atoms with Crippen LogP contribution in [0.1, 0.15) is 60.2 Å². The molecule has 4 fully saturated rings. The molecule has 2 heterocycles. The van der Waals surface area contributed by atoms with Gasteiger partial charge in [0.1, 0.15) is 6.04 Å². The number of fused-ring (bicyclic) bond motifs is 1. The predicted octanol–water partition coefficient (Wildman–Crippen LogP) is 3.47. The van der Waals surface area contributed by atoms with Crippen molar-refractivity contribution in [2.24, 2.45) is 17.8 Å². The number of amides is 2. The van der Waals surface area contributed by atoms with Crippen LogP contribution in [-0.4, -0.2) is 40.9 Å². The first kappa shape index (κ1) is 21.4. The molecule has 2 aromatic rings. The minimum absolute atomic E-state index is 0.122. The molecule has 7 heteroatoms. The molecule has 1 aromatic heterocycles. The van der Waals surface area contributed by atoms with Crippen LogP contribution < -0.4 is 5.32 Å². The summed E-state index contributed by atoms with van der Waals surface area (Å²) in [5, 5.41) is 3.24. The van der Waals surface area contributed by atoms with Crippen molar-refractivity contribution in [1.82, 2.24) is 10.2 Å². The summed E-state index contributed by atoms with van der Waals surface area (Å²) >= 11 is 0. The number of esters is 1. The Morgan fingerprint density at radius 1 is 0.971 bits per heavy atom. The predicted molar refractivity (Wildman–Crippen MR) is 123 cm³/mol. The van der Waals surface area contributed by atoms with Gasteiger partial charge < -0.3 is 19.4 Å². The Morgan fingerprint density at radius 3 is 2.29 bits per heavy atom. The fourth-order valence-electron chi connectivity index (χ4n) is 7.32. The zero-order valence-electron chi connectivity index (χ0n) is 19.2. The molecule has 178 valence electrons. The Kier molecular flexibility index (Phi) is 5.23.